The molecule has 0 aliphatic heterocycles. The zero-order chi connectivity index (χ0) is 31.8. The third-order valence-electron chi connectivity index (χ3n) is 6.31. The zero-order valence-corrected chi connectivity index (χ0v) is 25.5. The van der Waals surface area contributed by atoms with Gasteiger partial charge in [0.05, 0.1) is 24.1 Å². The van der Waals surface area contributed by atoms with E-state index in [1.54, 1.807) is 89.1 Å². The lowest BCUT2D eigenvalue weighted by atomic mass is 10.1. The van der Waals surface area contributed by atoms with Gasteiger partial charge in [0.15, 0.2) is 5.65 Å². The molecule has 1 aromatic carbocycles. The van der Waals surface area contributed by atoms with Crippen LogP contribution in [0, 0.1) is 5.82 Å². The fourth-order valence-electron chi connectivity index (χ4n) is 4.24. The molecule has 0 aliphatic rings. The van der Waals surface area contributed by atoms with E-state index in [9.17, 15) is 14.0 Å². The Hall–Kier alpha value is -5.20. The first-order valence-electron chi connectivity index (χ1n) is 13.9. The van der Waals surface area contributed by atoms with Crippen LogP contribution in [0.25, 0.3) is 28.0 Å². The van der Waals surface area contributed by atoms with Crippen molar-refractivity contribution in [2.75, 3.05) is 4.90 Å². The van der Waals surface area contributed by atoms with Crippen LogP contribution < -0.4 is 4.90 Å². The van der Waals surface area contributed by atoms with Gasteiger partial charge in [-0.2, -0.15) is 20.3 Å². The van der Waals surface area contributed by atoms with Crippen molar-refractivity contribution in [1.29, 1.82) is 0 Å². The minimum absolute atomic E-state index is 0.119. The van der Waals surface area contributed by atoms with Crippen LogP contribution in [-0.4, -0.2) is 58.0 Å². The van der Waals surface area contributed by atoms with Crippen LogP contribution in [0.15, 0.2) is 67.3 Å². The zero-order valence-electron chi connectivity index (χ0n) is 25.5. The van der Waals surface area contributed by atoms with Gasteiger partial charge in [0.25, 0.3) is 5.95 Å². The average Bonchev–Trinajstić information content (AvgIpc) is 3.58. The number of aromatic nitrogens is 7. The molecule has 0 N–H and O–H groups in total. The van der Waals surface area contributed by atoms with Crippen molar-refractivity contribution in [3.05, 3.63) is 78.6 Å². The fraction of sp³-hybridized carbons (Fsp3) is 0.323. The average molecular weight is 601 g/mol. The molecule has 44 heavy (non-hydrogen) atoms. The fourth-order valence-corrected chi connectivity index (χ4v) is 4.24. The van der Waals surface area contributed by atoms with E-state index in [1.165, 1.54) is 16.6 Å². The summed E-state index contributed by atoms with van der Waals surface area (Å²) in [6.07, 6.45) is 4.92. The lowest BCUT2D eigenvalue weighted by Crippen LogP contribution is -2.44. The predicted octanol–water partition coefficient (Wildman–Crippen LogP) is 6.47. The number of carbonyl (C=O) groups is 2. The molecule has 0 unspecified atom stereocenters. The predicted molar refractivity (Wildman–Crippen MR) is 160 cm³/mol. The van der Waals surface area contributed by atoms with Gasteiger partial charge in [-0.15, -0.1) is 10.00 Å². The molecule has 0 spiro atoms. The number of fused-ring (bicyclic) bond motifs is 1. The van der Waals surface area contributed by atoms with E-state index in [4.69, 9.17) is 9.47 Å². The number of halogens is 1. The molecule has 228 valence electrons. The summed E-state index contributed by atoms with van der Waals surface area (Å²) in [5.41, 5.74) is 2.40. The van der Waals surface area contributed by atoms with Crippen molar-refractivity contribution < 1.29 is 23.5 Å². The van der Waals surface area contributed by atoms with E-state index in [1.807, 2.05) is 19.2 Å². The molecule has 13 heteroatoms. The van der Waals surface area contributed by atoms with Crippen LogP contribution in [-0.2, 0) is 9.47 Å². The summed E-state index contributed by atoms with van der Waals surface area (Å²) < 4.78 is 27.5. The lowest BCUT2D eigenvalue weighted by Gasteiger charge is -2.26. The number of nitrogens with zero attached hydrogens (tertiary/aromatic N) is 8. The van der Waals surface area contributed by atoms with Crippen LogP contribution in [0.3, 0.4) is 0 Å². The Morgan fingerprint density at radius 1 is 0.886 bits per heavy atom. The summed E-state index contributed by atoms with van der Waals surface area (Å²) in [5, 5.41) is 17.3. The van der Waals surface area contributed by atoms with Crippen molar-refractivity contribution in [3.8, 4) is 22.4 Å². The SMILES string of the molecule is C[C@H](c1ccc(F)cc1)n1cc(-c2cc(-c3ccn4nc(N(C(=O)OC(C)(C)C)C(=O)OC(C)(C)C)nc4c3)cnn2)cn1. The Bertz CT molecular complexity index is 1790. The summed E-state index contributed by atoms with van der Waals surface area (Å²) in [6.45, 7) is 12.1. The van der Waals surface area contributed by atoms with E-state index in [0.29, 0.717) is 16.2 Å². The standard InChI is InChI=1S/C31H33FN8O4/c1-19(20-8-10-24(32)11-9-20)39-18-23(17-34-39)25-14-22(16-33-36-25)21-12-13-38-26(15-21)35-27(37-38)40(28(41)43-30(2,3)4)29(42)44-31(5,6)7/h8-19H,1-7H3/t19-/m1/s1. The van der Waals surface area contributed by atoms with E-state index in [0.717, 1.165) is 22.3 Å². The first-order valence-corrected chi connectivity index (χ1v) is 13.9. The first-order chi connectivity index (χ1) is 20.7. The Balaban J connectivity index is 1.43. The second kappa shape index (κ2) is 11.5. The number of anilines is 1. The molecule has 1 atom stereocenters. The molecular weight excluding hydrogens is 567 g/mol. The Kier molecular flexibility index (Phi) is 7.89. The van der Waals surface area contributed by atoms with Gasteiger partial charge in [-0.05, 0) is 89.9 Å². The number of carbonyl (C=O) groups excluding carboxylic acids is 2. The number of ether oxygens (including phenoxy) is 2. The highest BCUT2D eigenvalue weighted by atomic mass is 19.1. The van der Waals surface area contributed by atoms with Crippen molar-refractivity contribution in [3.63, 3.8) is 0 Å². The normalized spacial score (nSPS) is 12.6. The van der Waals surface area contributed by atoms with Crippen LogP contribution >= 0.6 is 0 Å². The molecule has 0 bridgehead atoms. The summed E-state index contributed by atoms with van der Waals surface area (Å²) in [7, 11) is 0. The molecule has 5 aromatic rings. The number of imide groups is 1. The summed E-state index contributed by atoms with van der Waals surface area (Å²) >= 11 is 0. The number of amides is 2. The minimum atomic E-state index is -0.958. The first kappa shape index (κ1) is 30.3. The molecule has 5 rings (SSSR count). The quantitative estimate of drug-likeness (QED) is 0.223. The van der Waals surface area contributed by atoms with Crippen molar-refractivity contribution in [1.82, 2.24) is 34.6 Å². The number of rotatable bonds is 5. The van der Waals surface area contributed by atoms with Crippen LogP contribution in [0.4, 0.5) is 19.9 Å². The minimum Gasteiger partial charge on any atom is -0.443 e. The second-order valence-electron chi connectivity index (χ2n) is 12.2. The third kappa shape index (κ3) is 6.88. The molecule has 0 saturated heterocycles. The Labute approximate surface area is 253 Å². The maximum absolute atomic E-state index is 13.4. The molecular formula is C31H33FN8O4. The van der Waals surface area contributed by atoms with Gasteiger partial charge in [-0.3, -0.25) is 4.68 Å². The van der Waals surface area contributed by atoms with Crippen molar-refractivity contribution in [2.24, 2.45) is 0 Å². The molecule has 0 fully saturated rings. The van der Waals surface area contributed by atoms with Crippen LogP contribution in [0.5, 0.6) is 0 Å². The lowest BCUT2D eigenvalue weighted by molar-refractivity contribution is 0.0427. The highest BCUT2D eigenvalue weighted by Gasteiger charge is 2.35. The van der Waals surface area contributed by atoms with Crippen molar-refractivity contribution in [2.45, 2.75) is 65.7 Å². The second-order valence-corrected chi connectivity index (χ2v) is 12.2. The number of hydrogen-bond acceptors (Lipinski definition) is 9. The third-order valence-corrected chi connectivity index (χ3v) is 6.31. The molecule has 4 heterocycles. The number of hydrogen-bond donors (Lipinski definition) is 0. The van der Waals surface area contributed by atoms with Crippen molar-refractivity contribution >= 4 is 23.8 Å². The van der Waals surface area contributed by atoms with E-state index >= 15 is 0 Å². The molecule has 0 aliphatic carbocycles. The number of pyridine rings is 1. The highest BCUT2D eigenvalue weighted by Crippen LogP contribution is 2.27. The summed E-state index contributed by atoms with van der Waals surface area (Å²) in [4.78, 5) is 31.2. The summed E-state index contributed by atoms with van der Waals surface area (Å²) in [6, 6.07) is 11.6. The van der Waals surface area contributed by atoms with Crippen LogP contribution in [0.1, 0.15) is 60.1 Å². The molecule has 0 saturated carbocycles. The molecule has 0 radical (unpaired) electrons. The van der Waals surface area contributed by atoms with Gasteiger partial charge < -0.3 is 9.47 Å². The van der Waals surface area contributed by atoms with Gasteiger partial charge >= 0.3 is 12.2 Å². The largest absolute Gasteiger partial charge is 0.443 e. The van der Waals surface area contributed by atoms with Crippen LogP contribution in [0.2, 0.25) is 0 Å². The maximum atomic E-state index is 13.4. The molecule has 2 amide bonds. The van der Waals surface area contributed by atoms with Gasteiger partial charge in [-0.25, -0.2) is 18.5 Å². The monoisotopic (exact) mass is 600 g/mol. The van der Waals surface area contributed by atoms with Gasteiger partial charge in [0.2, 0.25) is 0 Å². The van der Waals surface area contributed by atoms with Gasteiger partial charge in [0.1, 0.15) is 17.0 Å². The topological polar surface area (TPSA) is 130 Å². The van der Waals surface area contributed by atoms with Gasteiger partial charge in [-0.1, -0.05) is 12.1 Å². The Morgan fingerprint density at radius 3 is 2.18 bits per heavy atom. The Morgan fingerprint density at radius 2 is 1.55 bits per heavy atom. The smallest absolute Gasteiger partial charge is 0.427 e. The van der Waals surface area contributed by atoms with Gasteiger partial charge in [0, 0.05) is 23.5 Å². The van der Waals surface area contributed by atoms with E-state index in [2.05, 4.69) is 25.4 Å². The highest BCUT2D eigenvalue weighted by molar-refractivity contribution is 6.08. The molecule has 4 aromatic heterocycles. The number of benzene rings is 1. The van der Waals surface area contributed by atoms with E-state index in [-0.39, 0.29) is 17.8 Å². The van der Waals surface area contributed by atoms with E-state index < -0.39 is 23.4 Å². The maximum Gasteiger partial charge on any atom is 0.427 e. The molecule has 12 nitrogen and oxygen atoms in total. The summed E-state index contributed by atoms with van der Waals surface area (Å²) in [5.74, 6) is -0.486.